The molecule has 0 aromatic rings. The Morgan fingerprint density at radius 1 is 1.39 bits per heavy atom. The van der Waals surface area contributed by atoms with Crippen LogP contribution in [0.2, 0.25) is 0 Å². The molecule has 1 aliphatic heterocycles. The van der Waals surface area contributed by atoms with Crippen LogP contribution < -0.4 is 5.32 Å². The van der Waals surface area contributed by atoms with Crippen molar-refractivity contribution in [2.24, 2.45) is 5.41 Å². The van der Waals surface area contributed by atoms with Gasteiger partial charge in [0.15, 0.2) is 0 Å². The molecule has 0 aliphatic carbocycles. The van der Waals surface area contributed by atoms with Gasteiger partial charge in [-0.05, 0) is 20.8 Å². The zero-order chi connectivity index (χ0) is 13.8. The van der Waals surface area contributed by atoms with E-state index in [-0.39, 0.29) is 6.04 Å². The molecule has 1 fully saturated rings. The SMILES string of the molecule is CC(CN1CCOCC1)NC(=O)C(C)(C)C(=O)O. The standard InChI is InChI=1S/C12H22N2O4/c1-9(8-14-4-6-18-7-5-14)13-10(15)12(2,3)11(16)17/h9H,4-8H2,1-3H3,(H,13,15)(H,16,17). The van der Waals surface area contributed by atoms with Gasteiger partial charge in [-0.2, -0.15) is 0 Å². The van der Waals surface area contributed by atoms with Gasteiger partial charge in [-0.15, -0.1) is 0 Å². The highest BCUT2D eigenvalue weighted by atomic mass is 16.5. The molecule has 1 amide bonds. The molecule has 2 N–H and O–H groups in total. The van der Waals surface area contributed by atoms with Gasteiger partial charge in [-0.3, -0.25) is 14.5 Å². The van der Waals surface area contributed by atoms with Gasteiger partial charge in [0.1, 0.15) is 5.41 Å². The molecule has 1 heterocycles. The maximum Gasteiger partial charge on any atom is 0.318 e. The third-order valence-electron chi connectivity index (χ3n) is 3.12. The van der Waals surface area contributed by atoms with Gasteiger partial charge in [0, 0.05) is 25.7 Å². The van der Waals surface area contributed by atoms with Crippen molar-refractivity contribution in [3.63, 3.8) is 0 Å². The van der Waals surface area contributed by atoms with Crippen LogP contribution in [0, 0.1) is 5.41 Å². The lowest BCUT2D eigenvalue weighted by Gasteiger charge is -2.30. The summed E-state index contributed by atoms with van der Waals surface area (Å²) < 4.78 is 5.24. The maximum absolute atomic E-state index is 11.8. The fourth-order valence-corrected chi connectivity index (χ4v) is 1.72. The number of nitrogens with zero attached hydrogens (tertiary/aromatic N) is 1. The summed E-state index contributed by atoms with van der Waals surface area (Å²) in [5, 5.41) is 11.7. The van der Waals surface area contributed by atoms with Crippen molar-refractivity contribution in [3.8, 4) is 0 Å². The summed E-state index contributed by atoms with van der Waals surface area (Å²) >= 11 is 0. The van der Waals surface area contributed by atoms with Gasteiger partial charge in [-0.25, -0.2) is 0 Å². The summed E-state index contributed by atoms with van der Waals surface area (Å²) in [5.41, 5.74) is -1.39. The highest BCUT2D eigenvalue weighted by Crippen LogP contribution is 2.15. The summed E-state index contributed by atoms with van der Waals surface area (Å²) in [4.78, 5) is 25.0. The Labute approximate surface area is 107 Å². The Morgan fingerprint density at radius 3 is 2.44 bits per heavy atom. The number of carbonyl (C=O) groups excluding carboxylic acids is 1. The van der Waals surface area contributed by atoms with Gasteiger partial charge in [0.2, 0.25) is 5.91 Å². The Morgan fingerprint density at radius 2 is 1.94 bits per heavy atom. The monoisotopic (exact) mass is 258 g/mol. The second-order valence-electron chi connectivity index (χ2n) is 5.22. The average Bonchev–Trinajstić information content (AvgIpc) is 2.29. The minimum absolute atomic E-state index is 0.0748. The molecule has 0 aromatic carbocycles. The zero-order valence-electron chi connectivity index (χ0n) is 11.2. The van der Waals surface area contributed by atoms with Crippen LogP contribution in [-0.4, -0.2) is 60.8 Å². The molecule has 1 aliphatic rings. The molecule has 6 heteroatoms. The number of carbonyl (C=O) groups is 2. The van der Waals surface area contributed by atoms with E-state index in [4.69, 9.17) is 9.84 Å². The fourth-order valence-electron chi connectivity index (χ4n) is 1.72. The van der Waals surface area contributed by atoms with E-state index in [0.717, 1.165) is 13.1 Å². The smallest absolute Gasteiger partial charge is 0.318 e. The average molecular weight is 258 g/mol. The highest BCUT2D eigenvalue weighted by molar-refractivity contribution is 6.01. The van der Waals surface area contributed by atoms with E-state index in [9.17, 15) is 9.59 Å². The predicted octanol–water partition coefficient (Wildman–Crippen LogP) is -0.0659. The Bertz CT molecular complexity index is 311. The lowest BCUT2D eigenvalue weighted by Crippen LogP contribution is -2.50. The third kappa shape index (κ3) is 3.96. The van der Waals surface area contributed by atoms with Gasteiger partial charge < -0.3 is 15.2 Å². The molecule has 1 rings (SSSR count). The van der Waals surface area contributed by atoms with Crippen molar-refractivity contribution in [1.29, 1.82) is 0 Å². The first-order valence-electron chi connectivity index (χ1n) is 6.18. The van der Waals surface area contributed by atoms with Crippen molar-refractivity contribution in [2.75, 3.05) is 32.8 Å². The van der Waals surface area contributed by atoms with Gasteiger partial charge in [0.05, 0.1) is 13.2 Å². The molecule has 1 atom stereocenters. The van der Waals surface area contributed by atoms with E-state index in [0.29, 0.717) is 19.8 Å². The largest absolute Gasteiger partial charge is 0.480 e. The normalized spacial score (nSPS) is 19.3. The number of carboxylic acid groups (broad SMARTS) is 1. The third-order valence-corrected chi connectivity index (χ3v) is 3.12. The van der Waals surface area contributed by atoms with Crippen LogP contribution in [0.4, 0.5) is 0 Å². The number of nitrogens with one attached hydrogen (secondary N) is 1. The molecule has 0 bridgehead atoms. The summed E-state index contributed by atoms with van der Waals surface area (Å²) in [6, 6.07) is -0.0748. The summed E-state index contributed by atoms with van der Waals surface area (Å²) in [6.07, 6.45) is 0. The lowest BCUT2D eigenvalue weighted by atomic mass is 9.92. The number of aliphatic carboxylic acids is 1. The van der Waals surface area contributed by atoms with Crippen molar-refractivity contribution < 1.29 is 19.4 Å². The number of hydrogen-bond acceptors (Lipinski definition) is 4. The first-order chi connectivity index (χ1) is 8.34. The van der Waals surface area contributed by atoms with E-state index in [1.165, 1.54) is 13.8 Å². The van der Waals surface area contributed by atoms with Gasteiger partial charge in [0.25, 0.3) is 0 Å². The molecular weight excluding hydrogens is 236 g/mol. The number of amides is 1. The van der Waals surface area contributed by atoms with Crippen LogP contribution in [-0.2, 0) is 14.3 Å². The molecule has 1 unspecified atom stereocenters. The maximum atomic E-state index is 11.8. The van der Waals surface area contributed by atoms with E-state index in [1.54, 1.807) is 0 Å². The quantitative estimate of drug-likeness (QED) is 0.675. The Balaban J connectivity index is 2.41. The minimum Gasteiger partial charge on any atom is -0.480 e. The summed E-state index contributed by atoms with van der Waals surface area (Å²) in [6.45, 7) is 8.53. The minimum atomic E-state index is -1.39. The number of hydrogen-bond donors (Lipinski definition) is 2. The molecular formula is C12H22N2O4. The zero-order valence-corrected chi connectivity index (χ0v) is 11.2. The highest BCUT2D eigenvalue weighted by Gasteiger charge is 2.36. The van der Waals surface area contributed by atoms with Crippen LogP contribution in [0.5, 0.6) is 0 Å². The van der Waals surface area contributed by atoms with E-state index >= 15 is 0 Å². The molecule has 6 nitrogen and oxygen atoms in total. The first kappa shape index (κ1) is 14.9. The van der Waals surface area contributed by atoms with Crippen molar-refractivity contribution >= 4 is 11.9 Å². The number of morpholine rings is 1. The molecule has 0 saturated carbocycles. The van der Waals surface area contributed by atoms with Crippen molar-refractivity contribution in [2.45, 2.75) is 26.8 Å². The summed E-state index contributed by atoms with van der Waals surface area (Å²) in [7, 11) is 0. The summed E-state index contributed by atoms with van der Waals surface area (Å²) in [5.74, 6) is -1.56. The first-order valence-corrected chi connectivity index (χ1v) is 6.18. The van der Waals surface area contributed by atoms with Crippen LogP contribution in [0.25, 0.3) is 0 Å². The molecule has 0 aromatic heterocycles. The molecule has 1 saturated heterocycles. The second kappa shape index (κ2) is 6.15. The molecule has 0 spiro atoms. The fraction of sp³-hybridized carbons (Fsp3) is 0.833. The molecule has 18 heavy (non-hydrogen) atoms. The van der Waals surface area contributed by atoms with Crippen LogP contribution in [0.1, 0.15) is 20.8 Å². The number of rotatable bonds is 5. The second-order valence-corrected chi connectivity index (χ2v) is 5.22. The van der Waals surface area contributed by atoms with E-state index < -0.39 is 17.3 Å². The van der Waals surface area contributed by atoms with Crippen molar-refractivity contribution in [1.82, 2.24) is 10.2 Å². The van der Waals surface area contributed by atoms with Gasteiger partial charge in [-0.1, -0.05) is 0 Å². The van der Waals surface area contributed by atoms with Gasteiger partial charge >= 0.3 is 5.97 Å². The van der Waals surface area contributed by atoms with E-state index in [1.807, 2.05) is 6.92 Å². The topological polar surface area (TPSA) is 78.9 Å². The predicted molar refractivity (Wildman–Crippen MR) is 66.3 cm³/mol. The number of ether oxygens (including phenoxy) is 1. The Kier molecular flexibility index (Phi) is 5.10. The van der Waals surface area contributed by atoms with Crippen LogP contribution in [0.3, 0.4) is 0 Å². The molecule has 0 radical (unpaired) electrons. The number of carboxylic acids is 1. The van der Waals surface area contributed by atoms with Crippen LogP contribution >= 0.6 is 0 Å². The van der Waals surface area contributed by atoms with Crippen molar-refractivity contribution in [3.05, 3.63) is 0 Å². The Hall–Kier alpha value is -1.14. The van der Waals surface area contributed by atoms with E-state index in [2.05, 4.69) is 10.2 Å². The lowest BCUT2D eigenvalue weighted by molar-refractivity contribution is -0.153. The molecule has 104 valence electrons. The van der Waals surface area contributed by atoms with Crippen LogP contribution in [0.15, 0.2) is 0 Å².